The molecule has 21 heavy (non-hydrogen) atoms. The topological polar surface area (TPSA) is 72.3 Å². The fraction of sp³-hybridized carbons (Fsp3) is 0.125. The Bertz CT molecular complexity index is 846. The van der Waals surface area contributed by atoms with E-state index in [1.54, 1.807) is 12.1 Å². The molecule has 1 aromatic carbocycles. The highest BCUT2D eigenvalue weighted by molar-refractivity contribution is 5.86. The van der Waals surface area contributed by atoms with Gasteiger partial charge in [0.25, 0.3) is 5.56 Å². The monoisotopic (exact) mass is 283 g/mol. The van der Waals surface area contributed by atoms with Gasteiger partial charge in [-0.25, -0.2) is 4.79 Å². The second-order valence-electron chi connectivity index (χ2n) is 4.77. The van der Waals surface area contributed by atoms with Crippen LogP contribution in [0, 0.1) is 6.92 Å². The van der Waals surface area contributed by atoms with Crippen LogP contribution < -0.4 is 5.56 Å². The van der Waals surface area contributed by atoms with E-state index in [9.17, 15) is 9.59 Å². The molecule has 0 amide bonds. The first-order valence-corrected chi connectivity index (χ1v) is 6.47. The van der Waals surface area contributed by atoms with Gasteiger partial charge in [0, 0.05) is 5.52 Å². The molecule has 0 radical (unpaired) electrons. The average molecular weight is 283 g/mol. The number of carbonyl (C=O) groups is 1. The van der Waals surface area contributed by atoms with Crippen molar-refractivity contribution in [3.05, 3.63) is 69.9 Å². The van der Waals surface area contributed by atoms with Crippen LogP contribution in [0.25, 0.3) is 10.9 Å². The van der Waals surface area contributed by atoms with E-state index in [0.717, 1.165) is 16.5 Å². The van der Waals surface area contributed by atoms with Crippen molar-refractivity contribution < 1.29 is 13.9 Å². The number of furan rings is 1. The lowest BCUT2D eigenvalue weighted by molar-refractivity contribution is 0.0435. The zero-order valence-electron chi connectivity index (χ0n) is 11.4. The molecule has 0 atom stereocenters. The average Bonchev–Trinajstić information content (AvgIpc) is 2.99. The third kappa shape index (κ3) is 2.72. The van der Waals surface area contributed by atoms with Crippen LogP contribution in [-0.2, 0) is 11.3 Å². The van der Waals surface area contributed by atoms with Crippen molar-refractivity contribution in [1.29, 1.82) is 0 Å². The summed E-state index contributed by atoms with van der Waals surface area (Å²) in [6.07, 6.45) is 1.39. The van der Waals surface area contributed by atoms with Crippen LogP contribution in [0.5, 0.6) is 0 Å². The first-order valence-electron chi connectivity index (χ1n) is 6.47. The number of fused-ring (bicyclic) bond motifs is 1. The molecule has 2 heterocycles. The molecule has 1 N–H and O–H groups in total. The standard InChI is InChI=1S/C16H13NO4/c1-10-4-5-13-11(7-10)8-12(15(18)17-13)9-21-16(19)14-3-2-6-20-14/h2-8H,9H2,1H3,(H,17,18). The number of aryl methyl sites for hydroxylation is 1. The molecule has 0 saturated carbocycles. The Morgan fingerprint density at radius 1 is 1.29 bits per heavy atom. The van der Waals surface area contributed by atoms with Crippen LogP contribution in [0.3, 0.4) is 0 Å². The predicted octanol–water partition coefficient (Wildman–Crippen LogP) is 2.79. The SMILES string of the molecule is Cc1ccc2[nH]c(=O)c(COC(=O)c3ccco3)cc2c1. The third-order valence-electron chi connectivity index (χ3n) is 3.16. The Labute approximate surface area is 120 Å². The van der Waals surface area contributed by atoms with E-state index in [0.29, 0.717) is 5.56 Å². The molecule has 0 unspecified atom stereocenters. The highest BCUT2D eigenvalue weighted by Gasteiger charge is 2.11. The smallest absolute Gasteiger partial charge is 0.374 e. The summed E-state index contributed by atoms with van der Waals surface area (Å²) in [6.45, 7) is 1.87. The van der Waals surface area contributed by atoms with E-state index in [2.05, 4.69) is 4.98 Å². The van der Waals surface area contributed by atoms with Gasteiger partial charge in [-0.1, -0.05) is 11.6 Å². The number of benzene rings is 1. The van der Waals surface area contributed by atoms with E-state index in [1.807, 2.05) is 25.1 Å². The van der Waals surface area contributed by atoms with E-state index in [4.69, 9.17) is 9.15 Å². The quantitative estimate of drug-likeness (QED) is 0.750. The van der Waals surface area contributed by atoms with Gasteiger partial charge in [-0.15, -0.1) is 0 Å². The third-order valence-corrected chi connectivity index (χ3v) is 3.16. The van der Waals surface area contributed by atoms with Crippen LogP contribution in [0.2, 0.25) is 0 Å². The maximum atomic E-state index is 11.9. The molecular formula is C16H13NO4. The van der Waals surface area contributed by atoms with Crippen molar-refractivity contribution in [3.63, 3.8) is 0 Å². The highest BCUT2D eigenvalue weighted by Crippen LogP contribution is 2.14. The van der Waals surface area contributed by atoms with Crippen molar-refractivity contribution in [1.82, 2.24) is 4.98 Å². The van der Waals surface area contributed by atoms with Gasteiger partial charge in [-0.3, -0.25) is 4.79 Å². The van der Waals surface area contributed by atoms with Crippen molar-refractivity contribution in [2.45, 2.75) is 13.5 Å². The van der Waals surface area contributed by atoms with Crippen LogP contribution in [-0.4, -0.2) is 11.0 Å². The van der Waals surface area contributed by atoms with E-state index in [-0.39, 0.29) is 17.9 Å². The van der Waals surface area contributed by atoms with Gasteiger partial charge in [-0.05, 0) is 42.6 Å². The Balaban J connectivity index is 1.85. The zero-order chi connectivity index (χ0) is 14.8. The number of hydrogen-bond acceptors (Lipinski definition) is 4. The first-order chi connectivity index (χ1) is 10.1. The molecule has 0 spiro atoms. The van der Waals surface area contributed by atoms with Crippen LogP contribution in [0.1, 0.15) is 21.7 Å². The molecule has 0 saturated heterocycles. The minimum atomic E-state index is -0.594. The lowest BCUT2D eigenvalue weighted by Gasteiger charge is -2.05. The fourth-order valence-corrected chi connectivity index (χ4v) is 2.09. The van der Waals surface area contributed by atoms with Gasteiger partial charge >= 0.3 is 5.97 Å². The molecule has 0 fully saturated rings. The van der Waals surface area contributed by atoms with Gasteiger partial charge in [-0.2, -0.15) is 0 Å². The number of aromatic nitrogens is 1. The van der Waals surface area contributed by atoms with Crippen LogP contribution in [0.15, 0.2) is 51.9 Å². The number of nitrogens with one attached hydrogen (secondary N) is 1. The van der Waals surface area contributed by atoms with Gasteiger partial charge < -0.3 is 14.1 Å². The predicted molar refractivity (Wildman–Crippen MR) is 77.1 cm³/mol. The zero-order valence-corrected chi connectivity index (χ0v) is 11.4. The Hall–Kier alpha value is -2.82. The summed E-state index contributed by atoms with van der Waals surface area (Å²) >= 11 is 0. The van der Waals surface area contributed by atoms with Gasteiger partial charge in [0.15, 0.2) is 0 Å². The summed E-state index contributed by atoms with van der Waals surface area (Å²) in [6, 6.07) is 10.6. The van der Waals surface area contributed by atoms with Gasteiger partial charge in [0.1, 0.15) is 6.61 Å². The Morgan fingerprint density at radius 3 is 2.90 bits per heavy atom. The normalized spacial score (nSPS) is 10.7. The number of carbonyl (C=O) groups excluding carboxylic acids is 1. The number of aromatic amines is 1. The minimum absolute atomic E-state index is 0.0985. The fourth-order valence-electron chi connectivity index (χ4n) is 2.09. The first kappa shape index (κ1) is 13.2. The summed E-state index contributed by atoms with van der Waals surface area (Å²) in [5, 5.41) is 0.902. The van der Waals surface area contributed by atoms with E-state index < -0.39 is 5.97 Å². The number of ether oxygens (including phenoxy) is 1. The molecular weight excluding hydrogens is 270 g/mol. The molecule has 106 valence electrons. The summed E-state index contributed by atoms with van der Waals surface area (Å²) in [4.78, 5) is 26.4. The van der Waals surface area contributed by atoms with Crippen molar-refractivity contribution >= 4 is 16.9 Å². The largest absolute Gasteiger partial charge is 0.457 e. The molecule has 0 aliphatic rings. The van der Waals surface area contributed by atoms with E-state index in [1.165, 1.54) is 12.3 Å². The Morgan fingerprint density at radius 2 is 2.14 bits per heavy atom. The molecule has 2 aromatic heterocycles. The van der Waals surface area contributed by atoms with Gasteiger partial charge in [0.05, 0.1) is 11.8 Å². The Kier molecular flexibility index (Phi) is 3.31. The van der Waals surface area contributed by atoms with Gasteiger partial charge in [0.2, 0.25) is 5.76 Å². The number of pyridine rings is 1. The second-order valence-corrected chi connectivity index (χ2v) is 4.77. The van der Waals surface area contributed by atoms with Crippen molar-refractivity contribution in [3.8, 4) is 0 Å². The van der Waals surface area contributed by atoms with E-state index >= 15 is 0 Å². The summed E-state index contributed by atoms with van der Waals surface area (Å²) in [5.74, 6) is -0.480. The molecule has 3 aromatic rings. The van der Waals surface area contributed by atoms with Crippen LogP contribution >= 0.6 is 0 Å². The highest BCUT2D eigenvalue weighted by atomic mass is 16.5. The number of H-pyrrole nitrogens is 1. The number of rotatable bonds is 3. The van der Waals surface area contributed by atoms with Crippen LogP contribution in [0.4, 0.5) is 0 Å². The molecule has 0 bridgehead atoms. The number of esters is 1. The molecule has 5 heteroatoms. The summed E-state index contributed by atoms with van der Waals surface area (Å²) < 4.78 is 10.0. The maximum Gasteiger partial charge on any atom is 0.374 e. The lowest BCUT2D eigenvalue weighted by Crippen LogP contribution is -2.15. The molecule has 5 nitrogen and oxygen atoms in total. The molecule has 0 aliphatic carbocycles. The molecule has 3 rings (SSSR count). The van der Waals surface area contributed by atoms with Crippen molar-refractivity contribution in [2.75, 3.05) is 0 Å². The molecule has 0 aliphatic heterocycles. The minimum Gasteiger partial charge on any atom is -0.457 e. The van der Waals surface area contributed by atoms with Crippen molar-refractivity contribution in [2.24, 2.45) is 0 Å². The summed E-state index contributed by atoms with van der Waals surface area (Å²) in [7, 11) is 0. The number of hydrogen-bond donors (Lipinski definition) is 1. The lowest BCUT2D eigenvalue weighted by atomic mass is 10.1. The second kappa shape index (κ2) is 5.28. The maximum absolute atomic E-state index is 11.9. The summed E-state index contributed by atoms with van der Waals surface area (Å²) in [5.41, 5.74) is 1.98.